The van der Waals surface area contributed by atoms with Crippen molar-refractivity contribution in [2.24, 2.45) is 0 Å². The number of allylic oxidation sites excluding steroid dienone is 1. The van der Waals surface area contributed by atoms with Crippen LogP contribution in [0.5, 0.6) is 11.5 Å². The summed E-state index contributed by atoms with van der Waals surface area (Å²) in [7, 11) is 1.42. The van der Waals surface area contributed by atoms with Crippen LogP contribution in [0.1, 0.15) is 17.0 Å². The van der Waals surface area contributed by atoms with Crippen molar-refractivity contribution in [3.63, 3.8) is 0 Å². The molecule has 10 heteroatoms. The zero-order valence-corrected chi connectivity index (χ0v) is 16.2. The minimum atomic E-state index is -1.34. The number of nitro groups is 1. The monoisotopic (exact) mass is 434 g/mol. The molecule has 148 valence electrons. The van der Waals surface area contributed by atoms with Gasteiger partial charge in [0.15, 0.2) is 5.75 Å². The largest absolute Gasteiger partial charge is 0.507 e. The Morgan fingerprint density at radius 3 is 2.66 bits per heavy atom. The molecule has 0 spiro atoms. The number of rotatable bonds is 3. The fraction of sp³-hybridized carbons (Fsp3) is 0.105. The summed E-state index contributed by atoms with van der Waals surface area (Å²) >= 11 is 12.3. The molecule has 4 rings (SSSR count). The van der Waals surface area contributed by atoms with E-state index in [1.54, 1.807) is 12.1 Å². The van der Waals surface area contributed by atoms with E-state index in [4.69, 9.17) is 32.4 Å². The van der Waals surface area contributed by atoms with Crippen molar-refractivity contribution in [1.82, 2.24) is 5.32 Å². The summed E-state index contributed by atoms with van der Waals surface area (Å²) in [5.41, 5.74) is -1.42. The van der Waals surface area contributed by atoms with Crippen molar-refractivity contribution in [1.29, 1.82) is 0 Å². The second-order valence-corrected chi connectivity index (χ2v) is 7.05. The first-order chi connectivity index (χ1) is 13.8. The van der Waals surface area contributed by atoms with Gasteiger partial charge in [0.05, 0.1) is 20.9 Å². The molecule has 2 aromatic carbocycles. The zero-order chi connectivity index (χ0) is 20.9. The predicted octanol–water partition coefficient (Wildman–Crippen LogP) is 3.99. The number of aromatic hydroxyl groups is 1. The Morgan fingerprint density at radius 1 is 1.24 bits per heavy atom. The number of hydrogen-bond donors (Lipinski definition) is 2. The van der Waals surface area contributed by atoms with Gasteiger partial charge in [-0.25, -0.2) is 4.79 Å². The molecule has 1 atom stereocenters. The molecule has 1 aliphatic heterocycles. The Balaban J connectivity index is 2.14. The van der Waals surface area contributed by atoms with Gasteiger partial charge in [0.1, 0.15) is 17.3 Å². The average molecular weight is 435 g/mol. The van der Waals surface area contributed by atoms with E-state index in [0.717, 1.165) is 0 Å². The molecule has 0 aliphatic carbocycles. The third kappa shape index (κ3) is 2.97. The van der Waals surface area contributed by atoms with E-state index in [9.17, 15) is 20.0 Å². The maximum absolute atomic E-state index is 12.8. The third-order valence-electron chi connectivity index (χ3n) is 4.59. The molecule has 1 unspecified atom stereocenters. The standard InChI is InChI=1S/C19H12Cl2N2O6/c1-22-18-15(23(26)27)13(10-6-8(20)7-11(21)17(10)29-18)14-16(24)9-4-2-3-5-12(9)28-19(14)25/h2-7,13,22,24H,1H3. The molecule has 0 bridgehead atoms. The fourth-order valence-electron chi connectivity index (χ4n) is 3.40. The highest BCUT2D eigenvalue weighted by atomic mass is 35.5. The maximum Gasteiger partial charge on any atom is 0.344 e. The number of fused-ring (bicyclic) bond motifs is 2. The number of nitrogens with one attached hydrogen (secondary N) is 1. The highest BCUT2D eigenvalue weighted by Crippen LogP contribution is 2.48. The normalized spacial score (nSPS) is 15.8. The van der Waals surface area contributed by atoms with E-state index in [-0.39, 0.29) is 43.8 Å². The summed E-state index contributed by atoms with van der Waals surface area (Å²) in [6.07, 6.45) is 0. The molecule has 0 amide bonds. The molecule has 1 aliphatic rings. The van der Waals surface area contributed by atoms with E-state index < -0.39 is 27.9 Å². The first-order valence-corrected chi connectivity index (χ1v) is 9.06. The van der Waals surface area contributed by atoms with Crippen LogP contribution in [0.15, 0.2) is 57.2 Å². The average Bonchev–Trinajstić information content (AvgIpc) is 2.67. The van der Waals surface area contributed by atoms with E-state index in [2.05, 4.69) is 5.32 Å². The van der Waals surface area contributed by atoms with Gasteiger partial charge < -0.3 is 19.6 Å². The molecule has 3 aromatic rings. The van der Waals surface area contributed by atoms with Crippen molar-refractivity contribution < 1.29 is 19.2 Å². The van der Waals surface area contributed by atoms with Crippen LogP contribution in [0.3, 0.4) is 0 Å². The minimum Gasteiger partial charge on any atom is -0.507 e. The number of halogens is 2. The lowest BCUT2D eigenvalue weighted by atomic mass is 9.86. The van der Waals surface area contributed by atoms with Crippen molar-refractivity contribution in [2.45, 2.75) is 5.92 Å². The van der Waals surface area contributed by atoms with Gasteiger partial charge in [-0.2, -0.15) is 0 Å². The van der Waals surface area contributed by atoms with Crippen LogP contribution in [-0.4, -0.2) is 17.1 Å². The molecular weight excluding hydrogens is 423 g/mol. The van der Waals surface area contributed by atoms with E-state index >= 15 is 0 Å². The van der Waals surface area contributed by atoms with Gasteiger partial charge in [-0.1, -0.05) is 35.3 Å². The second kappa shape index (κ2) is 6.98. The molecule has 0 radical (unpaired) electrons. The van der Waals surface area contributed by atoms with Gasteiger partial charge in [-0.3, -0.25) is 10.1 Å². The maximum atomic E-state index is 12.8. The SMILES string of the molecule is CNC1=C([N+](=O)[O-])C(c2c(O)c3ccccc3oc2=O)c2cc(Cl)cc(Cl)c2O1. The first kappa shape index (κ1) is 19.1. The molecule has 2 N–H and O–H groups in total. The lowest BCUT2D eigenvalue weighted by Crippen LogP contribution is -2.30. The van der Waals surface area contributed by atoms with Crippen molar-refractivity contribution in [2.75, 3.05) is 7.05 Å². The second-order valence-electron chi connectivity index (χ2n) is 6.21. The Bertz CT molecular complexity index is 1270. The predicted molar refractivity (Wildman–Crippen MR) is 106 cm³/mol. The molecule has 0 saturated carbocycles. The van der Waals surface area contributed by atoms with Crippen LogP contribution in [0.4, 0.5) is 0 Å². The van der Waals surface area contributed by atoms with E-state index in [1.165, 1.54) is 31.3 Å². The van der Waals surface area contributed by atoms with Gasteiger partial charge in [0.2, 0.25) is 0 Å². The smallest absolute Gasteiger partial charge is 0.344 e. The van der Waals surface area contributed by atoms with Gasteiger partial charge in [0, 0.05) is 17.6 Å². The Morgan fingerprint density at radius 2 is 1.97 bits per heavy atom. The molecule has 1 aromatic heterocycles. The van der Waals surface area contributed by atoms with E-state index in [0.29, 0.717) is 0 Å². The molecule has 0 saturated heterocycles. The van der Waals surface area contributed by atoms with Crippen molar-refractivity contribution in [3.8, 4) is 11.5 Å². The van der Waals surface area contributed by atoms with Gasteiger partial charge >= 0.3 is 11.3 Å². The van der Waals surface area contributed by atoms with Crippen LogP contribution >= 0.6 is 23.2 Å². The lowest BCUT2D eigenvalue weighted by molar-refractivity contribution is -0.433. The number of hydrogen-bond acceptors (Lipinski definition) is 7. The highest BCUT2D eigenvalue weighted by molar-refractivity contribution is 6.35. The topological polar surface area (TPSA) is 115 Å². The summed E-state index contributed by atoms with van der Waals surface area (Å²) in [5.74, 6) is -1.90. The van der Waals surface area contributed by atoms with Crippen LogP contribution in [-0.2, 0) is 0 Å². The lowest BCUT2D eigenvalue weighted by Gasteiger charge is -2.26. The Labute approximate surface area is 173 Å². The van der Waals surface area contributed by atoms with Crippen LogP contribution in [0.25, 0.3) is 11.0 Å². The molecule has 29 heavy (non-hydrogen) atoms. The number of para-hydroxylation sites is 1. The Kier molecular flexibility index (Phi) is 4.60. The molecule has 2 heterocycles. The first-order valence-electron chi connectivity index (χ1n) is 8.31. The minimum absolute atomic E-state index is 0.0861. The quantitative estimate of drug-likeness (QED) is 0.363. The fourth-order valence-corrected chi connectivity index (χ4v) is 3.94. The number of ether oxygens (including phenoxy) is 1. The van der Waals surface area contributed by atoms with Crippen molar-refractivity contribution >= 4 is 34.2 Å². The van der Waals surface area contributed by atoms with Gasteiger partial charge in [-0.15, -0.1) is 0 Å². The molecule has 8 nitrogen and oxygen atoms in total. The highest BCUT2D eigenvalue weighted by Gasteiger charge is 2.44. The third-order valence-corrected chi connectivity index (χ3v) is 5.09. The summed E-state index contributed by atoms with van der Waals surface area (Å²) in [6, 6.07) is 9.13. The van der Waals surface area contributed by atoms with Crippen LogP contribution < -0.4 is 15.7 Å². The number of nitrogens with zero attached hydrogens (tertiary/aromatic N) is 1. The molecule has 0 fully saturated rings. The zero-order valence-electron chi connectivity index (χ0n) is 14.7. The Hall–Kier alpha value is -3.23. The van der Waals surface area contributed by atoms with Crippen molar-refractivity contribution in [3.05, 3.63) is 89.7 Å². The summed E-state index contributed by atoms with van der Waals surface area (Å²) in [4.78, 5) is 24.0. The van der Waals surface area contributed by atoms with Crippen LogP contribution in [0.2, 0.25) is 10.0 Å². The van der Waals surface area contributed by atoms with E-state index in [1.807, 2.05) is 0 Å². The summed E-state index contributed by atoms with van der Waals surface area (Å²) in [5, 5.41) is 25.9. The van der Waals surface area contributed by atoms with Gasteiger partial charge in [0.25, 0.3) is 5.88 Å². The van der Waals surface area contributed by atoms with Crippen LogP contribution in [0, 0.1) is 10.1 Å². The summed E-state index contributed by atoms with van der Waals surface area (Å²) < 4.78 is 10.9. The number of benzene rings is 2. The summed E-state index contributed by atoms with van der Waals surface area (Å²) in [6.45, 7) is 0. The molecular formula is C19H12Cl2N2O6. The van der Waals surface area contributed by atoms with Gasteiger partial charge in [-0.05, 0) is 24.3 Å².